The van der Waals surface area contributed by atoms with Gasteiger partial charge in [0.15, 0.2) is 0 Å². The van der Waals surface area contributed by atoms with E-state index in [9.17, 15) is 9.59 Å². The molecular weight excluding hydrogens is 494 g/mol. The van der Waals surface area contributed by atoms with Crippen LogP contribution in [0.1, 0.15) is 16.8 Å². The molecule has 0 unspecified atom stereocenters. The van der Waals surface area contributed by atoms with Gasteiger partial charge in [-0.1, -0.05) is 30.3 Å². The Morgan fingerprint density at radius 3 is 1.94 bits per heavy atom. The standard InChI is InChI=1S/C27H31N3O4S2/c1-30(14-16-36-24-11-7-21(8-12-24)18-27(33)34)25-4-2-3-22(29-25)19-28-13-15-35-23-9-5-20(6-10-23)17-26(31)32/h2-12,28H,13-19H2,1H3,(H,31,32)(H,33,34). The number of carboxylic acid groups (broad SMARTS) is 2. The normalized spacial score (nSPS) is 10.8. The molecule has 3 aromatic rings. The summed E-state index contributed by atoms with van der Waals surface area (Å²) in [5.74, 6) is 1.11. The van der Waals surface area contributed by atoms with Crippen molar-refractivity contribution in [2.24, 2.45) is 0 Å². The van der Waals surface area contributed by atoms with Crippen LogP contribution in [0.4, 0.5) is 5.82 Å². The molecule has 0 atom stereocenters. The van der Waals surface area contributed by atoms with E-state index in [4.69, 9.17) is 15.2 Å². The second-order valence-corrected chi connectivity index (χ2v) is 10.5. The zero-order valence-electron chi connectivity index (χ0n) is 20.2. The highest BCUT2D eigenvalue weighted by molar-refractivity contribution is 7.99. The van der Waals surface area contributed by atoms with E-state index in [1.165, 1.54) is 0 Å². The van der Waals surface area contributed by atoms with Gasteiger partial charge in [0.05, 0.1) is 18.5 Å². The van der Waals surface area contributed by atoms with Crippen molar-refractivity contribution in [3.05, 3.63) is 83.6 Å². The summed E-state index contributed by atoms with van der Waals surface area (Å²) >= 11 is 3.47. The molecular formula is C27H31N3O4S2. The Labute approximate surface area is 220 Å². The largest absolute Gasteiger partial charge is 0.481 e. The van der Waals surface area contributed by atoms with Gasteiger partial charge >= 0.3 is 11.9 Å². The van der Waals surface area contributed by atoms with Crippen molar-refractivity contribution >= 4 is 41.3 Å². The third-order valence-corrected chi connectivity index (χ3v) is 7.30. The van der Waals surface area contributed by atoms with Crippen LogP contribution in [-0.2, 0) is 29.0 Å². The molecule has 0 aliphatic heterocycles. The first kappa shape index (κ1) is 27.6. The number of anilines is 1. The third-order valence-electron chi connectivity index (χ3n) is 5.29. The predicted molar refractivity (Wildman–Crippen MR) is 146 cm³/mol. The number of rotatable bonds is 15. The number of carboxylic acids is 2. The van der Waals surface area contributed by atoms with Crippen LogP contribution in [0.3, 0.4) is 0 Å². The Morgan fingerprint density at radius 2 is 1.39 bits per heavy atom. The van der Waals surface area contributed by atoms with E-state index in [-0.39, 0.29) is 12.8 Å². The highest BCUT2D eigenvalue weighted by Crippen LogP contribution is 2.20. The summed E-state index contributed by atoms with van der Waals surface area (Å²) in [5.41, 5.74) is 2.61. The summed E-state index contributed by atoms with van der Waals surface area (Å²) < 4.78 is 0. The van der Waals surface area contributed by atoms with E-state index in [0.717, 1.165) is 57.0 Å². The molecule has 36 heavy (non-hydrogen) atoms. The lowest BCUT2D eigenvalue weighted by molar-refractivity contribution is -0.137. The lowest BCUT2D eigenvalue weighted by Crippen LogP contribution is -2.23. The molecule has 190 valence electrons. The zero-order chi connectivity index (χ0) is 25.8. The smallest absolute Gasteiger partial charge is 0.307 e. The number of benzene rings is 2. The van der Waals surface area contributed by atoms with Crippen LogP contribution in [0.2, 0.25) is 0 Å². The molecule has 2 aromatic carbocycles. The van der Waals surface area contributed by atoms with Crippen LogP contribution in [0.15, 0.2) is 76.5 Å². The Morgan fingerprint density at radius 1 is 0.833 bits per heavy atom. The van der Waals surface area contributed by atoms with Gasteiger partial charge in [0.2, 0.25) is 0 Å². The monoisotopic (exact) mass is 525 g/mol. The molecule has 9 heteroatoms. The maximum atomic E-state index is 10.8. The van der Waals surface area contributed by atoms with Crippen molar-refractivity contribution in [3.63, 3.8) is 0 Å². The molecule has 0 saturated heterocycles. The molecule has 0 saturated carbocycles. The van der Waals surface area contributed by atoms with Crippen LogP contribution in [0.5, 0.6) is 0 Å². The van der Waals surface area contributed by atoms with Crippen molar-refractivity contribution < 1.29 is 19.8 Å². The Balaban J connectivity index is 1.35. The summed E-state index contributed by atoms with van der Waals surface area (Å²) in [6, 6.07) is 21.4. The first-order chi connectivity index (χ1) is 17.4. The number of hydrogen-bond donors (Lipinski definition) is 3. The van der Waals surface area contributed by atoms with Gasteiger partial charge in [0.1, 0.15) is 5.82 Å². The molecule has 3 N–H and O–H groups in total. The van der Waals surface area contributed by atoms with Crippen molar-refractivity contribution in [1.29, 1.82) is 0 Å². The second-order valence-electron chi connectivity index (χ2n) is 8.21. The minimum absolute atomic E-state index is 0.0490. The molecule has 0 spiro atoms. The molecule has 1 aromatic heterocycles. The summed E-state index contributed by atoms with van der Waals surface area (Å²) in [6.45, 7) is 2.37. The average Bonchev–Trinajstić information content (AvgIpc) is 2.85. The minimum atomic E-state index is -0.817. The molecule has 0 bridgehead atoms. The van der Waals surface area contributed by atoms with E-state index in [1.54, 1.807) is 23.5 Å². The van der Waals surface area contributed by atoms with Gasteiger partial charge in [0.25, 0.3) is 0 Å². The Kier molecular flexibility index (Phi) is 11.1. The van der Waals surface area contributed by atoms with Gasteiger partial charge in [-0.15, -0.1) is 23.5 Å². The number of nitrogens with zero attached hydrogens (tertiary/aromatic N) is 2. The van der Waals surface area contributed by atoms with Crippen molar-refractivity contribution in [2.75, 3.05) is 36.5 Å². The molecule has 0 aliphatic rings. The quantitative estimate of drug-likeness (QED) is 0.196. The first-order valence-corrected chi connectivity index (χ1v) is 13.6. The van der Waals surface area contributed by atoms with Crippen LogP contribution in [-0.4, -0.2) is 58.8 Å². The van der Waals surface area contributed by atoms with Crippen molar-refractivity contribution in [2.45, 2.75) is 29.2 Å². The molecule has 1 heterocycles. The zero-order valence-corrected chi connectivity index (χ0v) is 21.9. The van der Waals surface area contributed by atoms with Crippen LogP contribution < -0.4 is 10.2 Å². The number of carbonyl (C=O) groups is 2. The van der Waals surface area contributed by atoms with E-state index in [2.05, 4.69) is 10.2 Å². The molecule has 0 amide bonds. The van der Waals surface area contributed by atoms with E-state index >= 15 is 0 Å². The van der Waals surface area contributed by atoms with Gasteiger partial charge in [-0.25, -0.2) is 4.98 Å². The molecule has 0 aliphatic carbocycles. The van der Waals surface area contributed by atoms with E-state index in [0.29, 0.717) is 6.54 Å². The second kappa shape index (κ2) is 14.5. The average molecular weight is 526 g/mol. The van der Waals surface area contributed by atoms with Crippen molar-refractivity contribution in [1.82, 2.24) is 10.3 Å². The fourth-order valence-corrected chi connectivity index (χ4v) is 5.15. The maximum Gasteiger partial charge on any atom is 0.307 e. The highest BCUT2D eigenvalue weighted by atomic mass is 32.2. The predicted octanol–water partition coefficient (Wildman–Crippen LogP) is 4.45. The molecule has 0 radical (unpaired) electrons. The van der Waals surface area contributed by atoms with Crippen LogP contribution >= 0.6 is 23.5 Å². The number of aromatic nitrogens is 1. The lowest BCUT2D eigenvalue weighted by atomic mass is 10.2. The van der Waals surface area contributed by atoms with E-state index in [1.807, 2.05) is 73.8 Å². The summed E-state index contributed by atoms with van der Waals surface area (Å²) in [7, 11) is 2.04. The number of thioether (sulfide) groups is 2. The SMILES string of the molecule is CN(CCSc1ccc(CC(=O)O)cc1)c1cccc(CNCCSc2ccc(CC(=O)O)cc2)n1. The molecule has 0 fully saturated rings. The van der Waals surface area contributed by atoms with E-state index < -0.39 is 11.9 Å². The summed E-state index contributed by atoms with van der Waals surface area (Å²) in [4.78, 5) is 30.7. The highest BCUT2D eigenvalue weighted by Gasteiger charge is 2.06. The first-order valence-electron chi connectivity index (χ1n) is 11.6. The Bertz CT molecular complexity index is 1120. The summed E-state index contributed by atoms with van der Waals surface area (Å²) in [5, 5.41) is 21.2. The van der Waals surface area contributed by atoms with Gasteiger partial charge in [-0.3, -0.25) is 9.59 Å². The fraction of sp³-hybridized carbons (Fsp3) is 0.296. The fourth-order valence-electron chi connectivity index (χ4n) is 3.41. The minimum Gasteiger partial charge on any atom is -0.481 e. The Hall–Kier alpha value is -3.01. The van der Waals surface area contributed by atoms with Gasteiger partial charge in [-0.2, -0.15) is 0 Å². The topological polar surface area (TPSA) is 103 Å². The summed E-state index contributed by atoms with van der Waals surface area (Å²) in [6.07, 6.45) is 0.101. The number of hydrogen-bond acceptors (Lipinski definition) is 7. The number of nitrogens with one attached hydrogen (secondary N) is 1. The maximum absolute atomic E-state index is 10.8. The number of aliphatic carboxylic acids is 2. The van der Waals surface area contributed by atoms with Crippen LogP contribution in [0.25, 0.3) is 0 Å². The molecule has 3 rings (SSSR count). The van der Waals surface area contributed by atoms with Gasteiger partial charge < -0.3 is 20.4 Å². The number of pyridine rings is 1. The van der Waals surface area contributed by atoms with Crippen molar-refractivity contribution in [3.8, 4) is 0 Å². The van der Waals surface area contributed by atoms with Gasteiger partial charge in [-0.05, 0) is 47.5 Å². The third kappa shape index (κ3) is 9.93. The van der Waals surface area contributed by atoms with Gasteiger partial charge in [0, 0.05) is 48.0 Å². The van der Waals surface area contributed by atoms with Crippen LogP contribution in [0, 0.1) is 0 Å². The molecule has 7 nitrogen and oxygen atoms in total. The lowest BCUT2D eigenvalue weighted by Gasteiger charge is -2.18.